The van der Waals surface area contributed by atoms with Crippen LogP contribution < -0.4 is 14.4 Å². The standard InChI is InChI=1S/C26H26N2O8S/c1-17(24(29)27-20-15-18(25(30)34-2)14-19(16-20)26(31)35-3)28(37(4,32)33)21-10-12-23(13-11-21)36-22-8-6-5-7-9-22/h5-17H,1-4H3,(H,27,29)/t17-/m0/s1. The van der Waals surface area contributed by atoms with E-state index in [4.69, 9.17) is 14.2 Å². The van der Waals surface area contributed by atoms with Crippen molar-refractivity contribution in [3.8, 4) is 11.5 Å². The van der Waals surface area contributed by atoms with Gasteiger partial charge in [0.1, 0.15) is 17.5 Å². The van der Waals surface area contributed by atoms with Crippen molar-refractivity contribution >= 4 is 39.2 Å². The summed E-state index contributed by atoms with van der Waals surface area (Å²) in [5, 5.41) is 2.56. The molecule has 0 spiro atoms. The Kier molecular flexibility index (Phi) is 8.51. The van der Waals surface area contributed by atoms with E-state index in [1.165, 1.54) is 51.5 Å². The lowest BCUT2D eigenvalue weighted by atomic mass is 10.1. The maximum atomic E-state index is 13.1. The number of hydrogen-bond donors (Lipinski definition) is 1. The van der Waals surface area contributed by atoms with Crippen LogP contribution in [-0.2, 0) is 24.3 Å². The van der Waals surface area contributed by atoms with Gasteiger partial charge in [-0.3, -0.25) is 9.10 Å². The number of methoxy groups -OCH3 is 2. The van der Waals surface area contributed by atoms with Gasteiger partial charge in [-0.25, -0.2) is 18.0 Å². The van der Waals surface area contributed by atoms with E-state index < -0.39 is 33.9 Å². The number of benzene rings is 3. The Morgan fingerprint density at radius 1 is 0.811 bits per heavy atom. The molecule has 3 aromatic carbocycles. The van der Waals surface area contributed by atoms with Crippen molar-refractivity contribution in [2.24, 2.45) is 0 Å². The van der Waals surface area contributed by atoms with Crippen molar-refractivity contribution in [1.82, 2.24) is 0 Å². The van der Waals surface area contributed by atoms with E-state index in [0.717, 1.165) is 10.6 Å². The predicted octanol–water partition coefficient (Wildman–Crippen LogP) is 3.85. The van der Waals surface area contributed by atoms with Crippen molar-refractivity contribution in [1.29, 1.82) is 0 Å². The molecule has 0 aliphatic rings. The molecule has 0 aliphatic carbocycles. The summed E-state index contributed by atoms with van der Waals surface area (Å²) in [5.41, 5.74) is 0.328. The largest absolute Gasteiger partial charge is 0.465 e. The average Bonchev–Trinajstić information content (AvgIpc) is 2.88. The number of carbonyl (C=O) groups excluding carboxylic acids is 3. The third-order valence-corrected chi connectivity index (χ3v) is 6.44. The Morgan fingerprint density at radius 3 is 1.81 bits per heavy atom. The third-order valence-electron chi connectivity index (χ3n) is 5.20. The fraction of sp³-hybridized carbons (Fsp3) is 0.192. The molecule has 1 atom stereocenters. The molecule has 11 heteroatoms. The van der Waals surface area contributed by atoms with E-state index >= 15 is 0 Å². The molecule has 0 bridgehead atoms. The summed E-state index contributed by atoms with van der Waals surface area (Å²) in [5.74, 6) is -1.07. The molecule has 1 N–H and O–H groups in total. The molecule has 0 saturated heterocycles. The molecule has 0 fully saturated rings. The van der Waals surface area contributed by atoms with Crippen molar-refractivity contribution in [3.63, 3.8) is 0 Å². The highest BCUT2D eigenvalue weighted by molar-refractivity contribution is 7.92. The molecule has 194 valence electrons. The van der Waals surface area contributed by atoms with Crippen LogP contribution in [0.2, 0.25) is 0 Å². The lowest BCUT2D eigenvalue weighted by Gasteiger charge is -2.28. The molecule has 10 nitrogen and oxygen atoms in total. The summed E-state index contributed by atoms with van der Waals surface area (Å²) in [7, 11) is -1.55. The molecule has 37 heavy (non-hydrogen) atoms. The Labute approximate surface area is 214 Å². The smallest absolute Gasteiger partial charge is 0.337 e. The molecule has 0 heterocycles. The zero-order valence-electron chi connectivity index (χ0n) is 20.6. The second-order valence-corrected chi connectivity index (χ2v) is 9.77. The van der Waals surface area contributed by atoms with E-state index in [2.05, 4.69) is 5.32 Å². The van der Waals surface area contributed by atoms with Crippen LogP contribution in [0.5, 0.6) is 11.5 Å². The van der Waals surface area contributed by atoms with Gasteiger partial charge in [0.05, 0.1) is 37.3 Å². The zero-order chi connectivity index (χ0) is 27.2. The van der Waals surface area contributed by atoms with Crippen LogP contribution in [0.1, 0.15) is 27.6 Å². The minimum Gasteiger partial charge on any atom is -0.465 e. The Balaban J connectivity index is 1.87. The van der Waals surface area contributed by atoms with Gasteiger partial charge in [0.2, 0.25) is 15.9 Å². The average molecular weight is 527 g/mol. The van der Waals surface area contributed by atoms with Gasteiger partial charge in [0.25, 0.3) is 0 Å². The fourth-order valence-corrected chi connectivity index (χ4v) is 4.69. The summed E-state index contributed by atoms with van der Waals surface area (Å²) in [4.78, 5) is 37.2. The van der Waals surface area contributed by atoms with E-state index in [1.807, 2.05) is 18.2 Å². The number of rotatable bonds is 9. The van der Waals surface area contributed by atoms with Crippen molar-refractivity contribution in [2.75, 3.05) is 30.1 Å². The summed E-state index contributed by atoms with van der Waals surface area (Å²) >= 11 is 0. The van der Waals surface area contributed by atoms with Crippen LogP contribution in [0.3, 0.4) is 0 Å². The molecular formula is C26H26N2O8S. The van der Waals surface area contributed by atoms with Crippen molar-refractivity contribution < 1.29 is 37.0 Å². The number of nitrogens with zero attached hydrogens (tertiary/aromatic N) is 1. The summed E-state index contributed by atoms with van der Waals surface area (Å²) in [6, 6.07) is 18.0. The predicted molar refractivity (Wildman–Crippen MR) is 137 cm³/mol. The number of ether oxygens (including phenoxy) is 3. The molecule has 0 aliphatic heterocycles. The molecule has 1 amide bonds. The van der Waals surface area contributed by atoms with Gasteiger partial charge in [-0.15, -0.1) is 0 Å². The van der Waals surface area contributed by atoms with E-state index in [9.17, 15) is 22.8 Å². The lowest BCUT2D eigenvalue weighted by Crippen LogP contribution is -2.45. The van der Waals surface area contributed by atoms with Gasteiger partial charge in [0.15, 0.2) is 0 Å². The third kappa shape index (κ3) is 6.85. The number of hydrogen-bond acceptors (Lipinski definition) is 8. The minimum atomic E-state index is -3.89. The Morgan fingerprint density at radius 2 is 1.32 bits per heavy atom. The van der Waals surface area contributed by atoms with Crippen molar-refractivity contribution in [2.45, 2.75) is 13.0 Å². The van der Waals surface area contributed by atoms with Crippen LogP contribution in [0.4, 0.5) is 11.4 Å². The highest BCUT2D eigenvalue weighted by Gasteiger charge is 2.29. The van der Waals surface area contributed by atoms with Gasteiger partial charge in [0, 0.05) is 5.69 Å². The Bertz CT molecular complexity index is 1360. The second-order valence-electron chi connectivity index (χ2n) is 7.92. The summed E-state index contributed by atoms with van der Waals surface area (Å²) in [6.07, 6.45) is 0.985. The van der Waals surface area contributed by atoms with Gasteiger partial charge < -0.3 is 19.5 Å². The highest BCUT2D eigenvalue weighted by atomic mass is 32.2. The monoisotopic (exact) mass is 526 g/mol. The Hall–Kier alpha value is -4.38. The first-order valence-electron chi connectivity index (χ1n) is 11.0. The molecule has 3 rings (SSSR count). The second kappa shape index (κ2) is 11.6. The van der Waals surface area contributed by atoms with Gasteiger partial charge in [-0.05, 0) is 61.5 Å². The minimum absolute atomic E-state index is 0.00215. The van der Waals surface area contributed by atoms with Crippen LogP contribution in [0, 0.1) is 0 Å². The van der Waals surface area contributed by atoms with E-state index in [1.54, 1.807) is 24.3 Å². The fourth-order valence-electron chi connectivity index (χ4n) is 3.51. The van der Waals surface area contributed by atoms with Crippen LogP contribution in [0.25, 0.3) is 0 Å². The molecule has 0 saturated carbocycles. The van der Waals surface area contributed by atoms with Crippen LogP contribution >= 0.6 is 0 Å². The molecule has 0 unspecified atom stereocenters. The number of esters is 2. The first-order chi connectivity index (χ1) is 17.5. The van der Waals surface area contributed by atoms with E-state index in [0.29, 0.717) is 11.5 Å². The molecular weight excluding hydrogens is 500 g/mol. The summed E-state index contributed by atoms with van der Waals surface area (Å²) in [6.45, 7) is 1.41. The maximum Gasteiger partial charge on any atom is 0.337 e. The zero-order valence-corrected chi connectivity index (χ0v) is 21.4. The number of anilines is 2. The topological polar surface area (TPSA) is 128 Å². The number of carbonyl (C=O) groups is 3. The van der Waals surface area contributed by atoms with Gasteiger partial charge in [-0.1, -0.05) is 18.2 Å². The first kappa shape index (κ1) is 27.2. The number of amides is 1. The number of nitrogens with one attached hydrogen (secondary N) is 1. The number of sulfonamides is 1. The van der Waals surface area contributed by atoms with Crippen LogP contribution in [-0.4, -0.2) is 52.8 Å². The van der Waals surface area contributed by atoms with E-state index in [-0.39, 0.29) is 22.5 Å². The molecule has 0 aromatic heterocycles. The highest BCUT2D eigenvalue weighted by Crippen LogP contribution is 2.27. The lowest BCUT2D eigenvalue weighted by molar-refractivity contribution is -0.116. The van der Waals surface area contributed by atoms with Crippen molar-refractivity contribution in [3.05, 3.63) is 83.9 Å². The van der Waals surface area contributed by atoms with Crippen LogP contribution in [0.15, 0.2) is 72.8 Å². The van der Waals surface area contributed by atoms with Gasteiger partial charge >= 0.3 is 11.9 Å². The summed E-state index contributed by atoms with van der Waals surface area (Å²) < 4.78 is 41.4. The molecule has 3 aromatic rings. The molecule has 0 radical (unpaired) electrons. The maximum absolute atomic E-state index is 13.1. The normalized spacial score (nSPS) is 11.7. The number of para-hydroxylation sites is 1. The quantitative estimate of drug-likeness (QED) is 0.417. The first-order valence-corrected chi connectivity index (χ1v) is 12.8. The SMILES string of the molecule is COC(=O)c1cc(NC(=O)[C@H](C)N(c2ccc(Oc3ccccc3)cc2)S(C)(=O)=O)cc(C(=O)OC)c1. The van der Waals surface area contributed by atoms with Gasteiger partial charge in [-0.2, -0.15) is 0 Å².